The van der Waals surface area contributed by atoms with Crippen LogP contribution in [0.15, 0.2) is 48.6 Å². The Kier molecular flexibility index (Phi) is 9.69. The van der Waals surface area contributed by atoms with Gasteiger partial charge in [-0.1, -0.05) is 42.8 Å². The van der Waals surface area contributed by atoms with E-state index in [2.05, 4.69) is 4.90 Å². The van der Waals surface area contributed by atoms with E-state index in [1.54, 1.807) is 32.2 Å². The highest BCUT2D eigenvalue weighted by Gasteiger charge is 2.50. The minimum Gasteiger partial charge on any atom is -0.487 e. The molecule has 2 bridgehead atoms. The highest BCUT2D eigenvalue weighted by atomic mass is 35.5. The number of benzene rings is 2. The molecule has 8 nitrogen and oxygen atoms in total. The standard InChI is InChI=1S/C34H43ClN2O6/c1-3-28-32(39)36(2)16-6-5-9-30(38)27-14-11-23(27)20-37-17-7-4-8-22-18-26(35)13-10-24(22)21-43-31-15-12-25(19-29(31)37)34(28,42)33(40)41/h5,9-10,12-13,15,18-19,23,27-28,30,38,42H,3-4,6-8,11,14,16-17,20-21H2,1-2H3,(H,40,41)/b9-5+/t23-,27+,28-,30-,34+/m0/s1. The Balaban J connectivity index is 1.63. The van der Waals surface area contributed by atoms with Crippen molar-refractivity contribution in [2.45, 2.75) is 70.2 Å². The number of hydrogen-bond donors (Lipinski definition) is 3. The second-order valence-electron chi connectivity index (χ2n) is 12.3. The van der Waals surface area contributed by atoms with Crippen LogP contribution in [0.2, 0.25) is 5.02 Å². The first kappa shape index (κ1) is 31.4. The molecule has 43 heavy (non-hydrogen) atoms. The first-order chi connectivity index (χ1) is 20.6. The molecule has 9 heteroatoms. The lowest BCUT2D eigenvalue weighted by Crippen LogP contribution is -2.50. The zero-order chi connectivity index (χ0) is 30.7. The van der Waals surface area contributed by atoms with Crippen LogP contribution in [-0.4, -0.2) is 64.9 Å². The fourth-order valence-corrected chi connectivity index (χ4v) is 7.07. The van der Waals surface area contributed by atoms with Crippen molar-refractivity contribution in [3.8, 4) is 5.75 Å². The van der Waals surface area contributed by atoms with Gasteiger partial charge < -0.3 is 29.9 Å². The Morgan fingerprint density at radius 2 is 1.93 bits per heavy atom. The lowest BCUT2D eigenvalue weighted by atomic mass is 9.70. The van der Waals surface area contributed by atoms with Crippen molar-refractivity contribution in [1.29, 1.82) is 0 Å². The second-order valence-corrected chi connectivity index (χ2v) is 12.7. The molecule has 3 N–H and O–H groups in total. The smallest absolute Gasteiger partial charge is 0.341 e. The van der Waals surface area contributed by atoms with Crippen LogP contribution in [0.1, 0.15) is 62.1 Å². The molecule has 2 aromatic rings. The Bertz CT molecular complexity index is 1360. The van der Waals surface area contributed by atoms with Crippen LogP contribution in [-0.2, 0) is 28.2 Å². The van der Waals surface area contributed by atoms with Gasteiger partial charge in [0, 0.05) is 31.7 Å². The molecule has 2 aromatic carbocycles. The number of hydrogen-bond acceptors (Lipinski definition) is 6. The number of nitrogens with zero attached hydrogens (tertiary/aromatic N) is 2. The summed E-state index contributed by atoms with van der Waals surface area (Å²) in [6, 6.07) is 10.8. The van der Waals surface area contributed by atoms with E-state index in [4.69, 9.17) is 16.3 Å². The van der Waals surface area contributed by atoms with E-state index < -0.39 is 29.5 Å². The third-order valence-electron chi connectivity index (χ3n) is 9.66. The summed E-state index contributed by atoms with van der Waals surface area (Å²) < 4.78 is 6.42. The zero-order valence-corrected chi connectivity index (χ0v) is 25.8. The van der Waals surface area contributed by atoms with Crippen LogP contribution in [0.5, 0.6) is 5.75 Å². The Hall–Kier alpha value is -3.07. The van der Waals surface area contributed by atoms with Crippen LogP contribution >= 0.6 is 11.6 Å². The van der Waals surface area contributed by atoms with Gasteiger partial charge in [-0.3, -0.25) is 4.79 Å². The van der Waals surface area contributed by atoms with Gasteiger partial charge in [-0.05, 0) is 97.7 Å². The van der Waals surface area contributed by atoms with Crippen molar-refractivity contribution in [2.24, 2.45) is 17.8 Å². The molecule has 0 saturated heterocycles. The SMILES string of the molecule is CC[C@H]1C(=O)N(C)CC/C=C/[C@H](O)[C@@H]2CC[C@H]2CN2CCCCc3cc(Cl)ccc3COc3ccc(cc32)[C@]1(O)C(=O)O. The number of rotatable bonds is 2. The van der Waals surface area contributed by atoms with Gasteiger partial charge in [0.15, 0.2) is 5.60 Å². The third-order valence-corrected chi connectivity index (χ3v) is 9.90. The molecule has 1 amide bonds. The van der Waals surface area contributed by atoms with E-state index in [1.165, 1.54) is 4.90 Å². The molecule has 1 saturated carbocycles. The number of anilines is 1. The van der Waals surface area contributed by atoms with Crippen molar-refractivity contribution in [1.82, 2.24) is 4.90 Å². The van der Waals surface area contributed by atoms with E-state index in [0.29, 0.717) is 49.1 Å². The molecule has 5 rings (SSSR count). The summed E-state index contributed by atoms with van der Waals surface area (Å²) in [5.41, 5.74) is 0.594. The van der Waals surface area contributed by atoms with Crippen molar-refractivity contribution in [3.63, 3.8) is 0 Å². The van der Waals surface area contributed by atoms with E-state index in [0.717, 1.165) is 43.2 Å². The number of aliphatic hydroxyl groups is 2. The summed E-state index contributed by atoms with van der Waals surface area (Å²) >= 11 is 6.32. The molecule has 0 radical (unpaired) electrons. The summed E-state index contributed by atoms with van der Waals surface area (Å²) in [6.07, 6.45) is 8.39. The molecule has 0 spiro atoms. The van der Waals surface area contributed by atoms with Gasteiger partial charge >= 0.3 is 5.97 Å². The molecule has 0 aromatic heterocycles. The summed E-state index contributed by atoms with van der Waals surface area (Å²) in [5.74, 6) is -2.16. The number of aliphatic hydroxyl groups excluding tert-OH is 1. The zero-order valence-electron chi connectivity index (χ0n) is 25.0. The fraction of sp³-hybridized carbons (Fsp3) is 0.529. The lowest BCUT2D eigenvalue weighted by molar-refractivity contribution is -0.173. The Morgan fingerprint density at radius 3 is 2.65 bits per heavy atom. The topological polar surface area (TPSA) is 111 Å². The van der Waals surface area contributed by atoms with Gasteiger partial charge in [0.1, 0.15) is 12.4 Å². The summed E-state index contributed by atoms with van der Waals surface area (Å²) in [6.45, 7) is 3.74. The third kappa shape index (κ3) is 6.42. The van der Waals surface area contributed by atoms with Crippen LogP contribution in [0.3, 0.4) is 0 Å². The van der Waals surface area contributed by atoms with Crippen LogP contribution < -0.4 is 9.64 Å². The predicted octanol–water partition coefficient (Wildman–Crippen LogP) is 5.17. The molecule has 2 aliphatic heterocycles. The number of halogens is 1. The highest BCUT2D eigenvalue weighted by molar-refractivity contribution is 6.30. The first-order valence-electron chi connectivity index (χ1n) is 15.5. The maximum absolute atomic E-state index is 13.6. The van der Waals surface area contributed by atoms with E-state index >= 15 is 0 Å². The van der Waals surface area contributed by atoms with E-state index in [-0.39, 0.29) is 23.8 Å². The van der Waals surface area contributed by atoms with Crippen LogP contribution in [0.4, 0.5) is 5.69 Å². The molecular formula is C34H43ClN2O6. The number of carboxylic acids is 1. The molecule has 2 heterocycles. The molecule has 1 aliphatic carbocycles. The Labute approximate surface area is 258 Å². The molecule has 0 unspecified atom stereocenters. The average Bonchev–Trinajstić information content (AvgIpc) is 3.00. The van der Waals surface area contributed by atoms with Crippen LogP contribution in [0.25, 0.3) is 0 Å². The first-order valence-corrected chi connectivity index (χ1v) is 15.9. The summed E-state index contributed by atoms with van der Waals surface area (Å²) in [5, 5.41) is 34.1. The van der Waals surface area contributed by atoms with Crippen molar-refractivity contribution >= 4 is 29.2 Å². The minimum atomic E-state index is -2.43. The number of ether oxygens (including phenoxy) is 1. The summed E-state index contributed by atoms with van der Waals surface area (Å²) in [4.78, 5) is 30.1. The van der Waals surface area contributed by atoms with E-state index in [1.807, 2.05) is 30.4 Å². The molecule has 1 fully saturated rings. The van der Waals surface area contributed by atoms with Crippen molar-refractivity contribution in [3.05, 3.63) is 70.3 Å². The van der Waals surface area contributed by atoms with Gasteiger partial charge in [0.25, 0.3) is 0 Å². The second kappa shape index (κ2) is 13.3. The largest absolute Gasteiger partial charge is 0.487 e. The number of fused-ring (bicyclic) bond motifs is 3. The Morgan fingerprint density at radius 1 is 1.12 bits per heavy atom. The van der Waals surface area contributed by atoms with Gasteiger partial charge in [-0.25, -0.2) is 4.79 Å². The highest BCUT2D eigenvalue weighted by Crippen LogP contribution is 2.43. The lowest BCUT2D eigenvalue weighted by Gasteiger charge is -2.43. The minimum absolute atomic E-state index is 0.112. The molecule has 3 aliphatic rings. The van der Waals surface area contributed by atoms with Crippen molar-refractivity contribution in [2.75, 3.05) is 31.6 Å². The van der Waals surface area contributed by atoms with E-state index in [9.17, 15) is 24.9 Å². The quantitative estimate of drug-likeness (QED) is 0.403. The van der Waals surface area contributed by atoms with Gasteiger partial charge in [-0.15, -0.1) is 0 Å². The number of amides is 1. The van der Waals surface area contributed by atoms with Gasteiger partial charge in [0.05, 0.1) is 17.7 Å². The number of carbonyl (C=O) groups excluding carboxylic acids is 1. The van der Waals surface area contributed by atoms with Gasteiger partial charge in [-0.2, -0.15) is 0 Å². The number of aliphatic carboxylic acids is 1. The van der Waals surface area contributed by atoms with Gasteiger partial charge in [0.2, 0.25) is 5.91 Å². The predicted molar refractivity (Wildman–Crippen MR) is 166 cm³/mol. The molecule has 5 atom stereocenters. The number of aryl methyl sites for hydroxylation is 1. The fourth-order valence-electron chi connectivity index (χ4n) is 6.87. The van der Waals surface area contributed by atoms with Crippen LogP contribution in [0, 0.1) is 17.8 Å². The molecule has 232 valence electrons. The summed E-state index contributed by atoms with van der Waals surface area (Å²) in [7, 11) is 1.62. The maximum atomic E-state index is 13.6. The maximum Gasteiger partial charge on any atom is 0.341 e. The normalized spacial score (nSPS) is 29.3. The number of carbonyl (C=O) groups is 2. The number of carboxylic acid groups (broad SMARTS) is 1. The average molecular weight is 611 g/mol. The van der Waals surface area contributed by atoms with Crippen molar-refractivity contribution < 1.29 is 29.6 Å². The molecular weight excluding hydrogens is 568 g/mol. The monoisotopic (exact) mass is 610 g/mol.